The van der Waals surface area contributed by atoms with E-state index in [2.05, 4.69) is 0 Å². The molecule has 118 valence electrons. The smallest absolute Gasteiger partial charge is 0.269 e. The minimum absolute atomic E-state index is 0.0000801. The van der Waals surface area contributed by atoms with Crippen LogP contribution in [0.25, 0.3) is 0 Å². The van der Waals surface area contributed by atoms with Crippen LogP contribution in [0.2, 0.25) is 0 Å². The van der Waals surface area contributed by atoms with Crippen LogP contribution in [0, 0.1) is 10.1 Å². The van der Waals surface area contributed by atoms with Crippen molar-refractivity contribution >= 4 is 29.1 Å². The molecule has 1 aromatic carbocycles. The number of nitro benzene ring substituents is 1. The molecule has 0 aliphatic carbocycles. The number of piperidine rings is 1. The molecule has 1 aromatic rings. The van der Waals surface area contributed by atoms with Gasteiger partial charge in [-0.15, -0.1) is 11.6 Å². The molecule has 0 aromatic heterocycles. The minimum Gasteiger partial charge on any atom is -0.283 e. The number of unbranched alkanes of at least 4 members (excludes halogenated alkanes) is 1. The lowest BCUT2D eigenvalue weighted by molar-refractivity contribution is -0.384. The van der Waals surface area contributed by atoms with Crippen LogP contribution in [0.15, 0.2) is 24.3 Å². The molecule has 1 fully saturated rings. The number of likely N-dealkylation sites (tertiary alicyclic amines) is 1. The van der Waals surface area contributed by atoms with Gasteiger partial charge >= 0.3 is 0 Å². The van der Waals surface area contributed by atoms with Gasteiger partial charge in [0.05, 0.1) is 4.92 Å². The summed E-state index contributed by atoms with van der Waals surface area (Å²) in [5, 5.41) is 10.6. The summed E-state index contributed by atoms with van der Waals surface area (Å²) in [5.74, 6) is -0.0600. The standard InChI is InChI=1S/C15H17ClN2O4/c16-7-1-2-8-17-14(19)9-12(10-15(17)20)11-3-5-13(6-4-11)18(21)22/h3-6,12H,1-2,7-10H2. The van der Waals surface area contributed by atoms with Crippen molar-refractivity contribution in [2.75, 3.05) is 12.4 Å². The summed E-state index contributed by atoms with van der Waals surface area (Å²) in [4.78, 5) is 35.7. The topological polar surface area (TPSA) is 80.5 Å². The fourth-order valence-electron chi connectivity index (χ4n) is 2.57. The first kappa shape index (κ1) is 16.4. The van der Waals surface area contributed by atoms with E-state index in [9.17, 15) is 19.7 Å². The maximum Gasteiger partial charge on any atom is 0.269 e. The van der Waals surface area contributed by atoms with E-state index in [1.54, 1.807) is 12.1 Å². The Morgan fingerprint density at radius 1 is 1.14 bits per heavy atom. The fraction of sp³-hybridized carbons (Fsp3) is 0.467. The summed E-state index contributed by atoms with van der Waals surface area (Å²) in [7, 11) is 0. The molecule has 1 heterocycles. The Bertz CT molecular complexity index is 555. The van der Waals surface area contributed by atoms with E-state index in [1.165, 1.54) is 17.0 Å². The molecule has 22 heavy (non-hydrogen) atoms. The van der Waals surface area contributed by atoms with E-state index < -0.39 is 4.92 Å². The third-order valence-electron chi connectivity index (χ3n) is 3.78. The van der Waals surface area contributed by atoms with Gasteiger partial charge in [-0.1, -0.05) is 12.1 Å². The summed E-state index contributed by atoms with van der Waals surface area (Å²) in [6.07, 6.45) is 1.99. The zero-order valence-electron chi connectivity index (χ0n) is 12.0. The van der Waals surface area contributed by atoms with Crippen LogP contribution in [0.5, 0.6) is 0 Å². The lowest BCUT2D eigenvalue weighted by atomic mass is 9.88. The number of rotatable bonds is 6. The molecular formula is C15H17ClN2O4. The number of hydrogen-bond donors (Lipinski definition) is 0. The van der Waals surface area contributed by atoms with Crippen LogP contribution >= 0.6 is 11.6 Å². The van der Waals surface area contributed by atoms with Gasteiger partial charge in [-0.05, 0) is 18.4 Å². The Morgan fingerprint density at radius 2 is 1.73 bits per heavy atom. The zero-order valence-corrected chi connectivity index (χ0v) is 12.8. The van der Waals surface area contributed by atoms with E-state index >= 15 is 0 Å². The number of carbonyl (C=O) groups excluding carboxylic acids is 2. The Kier molecular flexibility index (Phi) is 5.49. The molecule has 6 nitrogen and oxygen atoms in total. The van der Waals surface area contributed by atoms with Gasteiger partial charge in [-0.25, -0.2) is 0 Å². The molecule has 1 saturated heterocycles. The van der Waals surface area contributed by atoms with Crippen LogP contribution in [-0.4, -0.2) is 34.1 Å². The number of benzene rings is 1. The number of amides is 2. The average Bonchev–Trinajstić information content (AvgIpc) is 2.50. The molecule has 0 unspecified atom stereocenters. The second-order valence-corrected chi connectivity index (χ2v) is 5.67. The van der Waals surface area contributed by atoms with Gasteiger partial charge in [0.25, 0.3) is 5.69 Å². The summed E-state index contributed by atoms with van der Waals surface area (Å²) in [6.45, 7) is 0.414. The van der Waals surface area contributed by atoms with Crippen LogP contribution in [0.1, 0.15) is 37.2 Å². The highest BCUT2D eigenvalue weighted by atomic mass is 35.5. The molecule has 1 aliphatic rings. The van der Waals surface area contributed by atoms with Crippen molar-refractivity contribution in [3.05, 3.63) is 39.9 Å². The first-order valence-corrected chi connectivity index (χ1v) is 7.70. The largest absolute Gasteiger partial charge is 0.283 e. The Labute approximate surface area is 133 Å². The van der Waals surface area contributed by atoms with E-state index in [1.807, 2.05) is 0 Å². The Morgan fingerprint density at radius 3 is 2.23 bits per heavy atom. The minimum atomic E-state index is -0.473. The monoisotopic (exact) mass is 324 g/mol. The van der Waals surface area contributed by atoms with Gasteiger partial charge in [-0.3, -0.25) is 24.6 Å². The maximum atomic E-state index is 12.1. The second-order valence-electron chi connectivity index (χ2n) is 5.29. The quantitative estimate of drug-likeness (QED) is 0.265. The third kappa shape index (κ3) is 3.82. The first-order chi connectivity index (χ1) is 10.5. The van der Waals surface area contributed by atoms with Crippen molar-refractivity contribution in [2.45, 2.75) is 31.6 Å². The number of nitrogens with zero attached hydrogens (tertiary/aromatic N) is 2. The molecule has 1 aliphatic heterocycles. The van der Waals surface area contributed by atoms with Crippen molar-refractivity contribution < 1.29 is 14.5 Å². The molecule has 2 rings (SSSR count). The van der Waals surface area contributed by atoms with Crippen molar-refractivity contribution in [3.63, 3.8) is 0 Å². The van der Waals surface area contributed by atoms with Crippen molar-refractivity contribution in [1.29, 1.82) is 0 Å². The molecule has 0 atom stereocenters. The number of alkyl halides is 1. The summed E-state index contributed by atoms with van der Waals surface area (Å²) >= 11 is 5.59. The molecule has 0 radical (unpaired) electrons. The number of hydrogen-bond acceptors (Lipinski definition) is 4. The van der Waals surface area contributed by atoms with E-state index in [0.717, 1.165) is 12.0 Å². The lowest BCUT2D eigenvalue weighted by Gasteiger charge is -2.30. The molecule has 2 amide bonds. The SMILES string of the molecule is O=C1CC(c2ccc([N+](=O)[O-])cc2)CC(=O)N1CCCCCl. The zero-order chi connectivity index (χ0) is 16.1. The average molecular weight is 325 g/mol. The van der Waals surface area contributed by atoms with Crippen molar-refractivity contribution in [2.24, 2.45) is 0 Å². The summed E-state index contributed by atoms with van der Waals surface area (Å²) in [5.41, 5.74) is 0.785. The van der Waals surface area contributed by atoms with E-state index in [-0.39, 0.29) is 36.3 Å². The van der Waals surface area contributed by atoms with Gasteiger partial charge in [0.15, 0.2) is 0 Å². The van der Waals surface area contributed by atoms with Crippen LogP contribution in [0.4, 0.5) is 5.69 Å². The summed E-state index contributed by atoms with van der Waals surface area (Å²) < 4.78 is 0. The second kappa shape index (κ2) is 7.35. The third-order valence-corrected chi connectivity index (χ3v) is 4.05. The number of imide groups is 1. The first-order valence-electron chi connectivity index (χ1n) is 7.16. The van der Waals surface area contributed by atoms with Crippen LogP contribution in [-0.2, 0) is 9.59 Å². The van der Waals surface area contributed by atoms with Crippen molar-refractivity contribution in [3.8, 4) is 0 Å². The lowest BCUT2D eigenvalue weighted by Crippen LogP contribution is -2.43. The van der Waals surface area contributed by atoms with Gasteiger partial charge in [0.1, 0.15) is 0 Å². The molecule has 0 spiro atoms. The maximum absolute atomic E-state index is 12.1. The van der Waals surface area contributed by atoms with Crippen LogP contribution in [0.3, 0.4) is 0 Å². The van der Waals surface area contributed by atoms with Gasteiger partial charge in [-0.2, -0.15) is 0 Å². The molecule has 7 heteroatoms. The van der Waals surface area contributed by atoms with Crippen LogP contribution < -0.4 is 0 Å². The molecule has 0 N–H and O–H groups in total. The highest BCUT2D eigenvalue weighted by Gasteiger charge is 2.32. The predicted molar refractivity (Wildman–Crippen MR) is 81.7 cm³/mol. The normalized spacial score (nSPS) is 16.1. The Balaban J connectivity index is 2.02. The van der Waals surface area contributed by atoms with E-state index in [0.29, 0.717) is 18.8 Å². The molecule has 0 bridgehead atoms. The van der Waals surface area contributed by atoms with Crippen molar-refractivity contribution in [1.82, 2.24) is 4.90 Å². The van der Waals surface area contributed by atoms with Gasteiger partial charge < -0.3 is 0 Å². The number of carbonyl (C=O) groups is 2. The molecular weight excluding hydrogens is 308 g/mol. The number of nitro groups is 1. The highest BCUT2D eigenvalue weighted by molar-refractivity contribution is 6.17. The summed E-state index contributed by atoms with van der Waals surface area (Å²) in [6, 6.07) is 6.04. The fourth-order valence-corrected chi connectivity index (χ4v) is 2.76. The highest BCUT2D eigenvalue weighted by Crippen LogP contribution is 2.30. The number of non-ortho nitro benzene ring substituents is 1. The van der Waals surface area contributed by atoms with Gasteiger partial charge in [0.2, 0.25) is 11.8 Å². The van der Waals surface area contributed by atoms with Gasteiger partial charge in [0, 0.05) is 43.3 Å². The predicted octanol–water partition coefficient (Wildman–Crippen LogP) is 2.85. The van der Waals surface area contributed by atoms with E-state index in [4.69, 9.17) is 11.6 Å². The Hall–Kier alpha value is -1.95. The molecule has 0 saturated carbocycles. The number of halogens is 1.